The summed E-state index contributed by atoms with van der Waals surface area (Å²) < 4.78 is 43.0. The van der Waals surface area contributed by atoms with Gasteiger partial charge in [0, 0.05) is 6.54 Å². The van der Waals surface area contributed by atoms with Gasteiger partial charge in [-0.25, -0.2) is 14.0 Å². The van der Waals surface area contributed by atoms with E-state index in [9.17, 15) is 18.0 Å². The van der Waals surface area contributed by atoms with Crippen molar-refractivity contribution in [2.75, 3.05) is 7.05 Å². The van der Waals surface area contributed by atoms with Gasteiger partial charge in [-0.15, -0.1) is 13.2 Å². The summed E-state index contributed by atoms with van der Waals surface area (Å²) in [6.45, 7) is 0.860. The number of rotatable bonds is 6. The van der Waals surface area contributed by atoms with Crippen molar-refractivity contribution in [1.82, 2.24) is 19.7 Å². The summed E-state index contributed by atoms with van der Waals surface area (Å²) in [6.07, 6.45) is -3.32. The van der Waals surface area contributed by atoms with E-state index in [1.165, 1.54) is 39.8 Å². The molecule has 0 amide bonds. The zero-order valence-corrected chi connectivity index (χ0v) is 14.4. The molecule has 27 heavy (non-hydrogen) atoms. The molecule has 0 aliphatic rings. The maximum atomic E-state index is 12.5. The molecule has 0 radical (unpaired) electrons. The maximum Gasteiger partial charge on any atom is 0.573 e. The van der Waals surface area contributed by atoms with Crippen LogP contribution in [0.15, 0.2) is 59.7 Å². The largest absolute Gasteiger partial charge is 0.573 e. The number of benzene rings is 2. The Morgan fingerprint density at radius 3 is 2.26 bits per heavy atom. The minimum absolute atomic E-state index is 0.135. The van der Waals surface area contributed by atoms with E-state index in [-0.39, 0.29) is 18.0 Å². The summed E-state index contributed by atoms with van der Waals surface area (Å²) in [7, 11) is 1.85. The van der Waals surface area contributed by atoms with Gasteiger partial charge in [0.2, 0.25) is 0 Å². The summed E-state index contributed by atoms with van der Waals surface area (Å²) in [4.78, 5) is 12.5. The fourth-order valence-electron chi connectivity index (χ4n) is 2.57. The Balaban J connectivity index is 1.74. The lowest BCUT2D eigenvalue weighted by atomic mass is 10.2. The van der Waals surface area contributed by atoms with E-state index in [4.69, 9.17) is 0 Å². The molecule has 3 rings (SSSR count). The van der Waals surface area contributed by atoms with Gasteiger partial charge in [-0.1, -0.05) is 24.3 Å². The summed E-state index contributed by atoms with van der Waals surface area (Å²) >= 11 is 0. The minimum atomic E-state index is -4.74. The third-order valence-electron chi connectivity index (χ3n) is 3.82. The van der Waals surface area contributed by atoms with Crippen LogP contribution in [0.2, 0.25) is 0 Å². The van der Waals surface area contributed by atoms with Crippen LogP contribution in [0.25, 0.3) is 5.69 Å². The molecular formula is C18H17F3N4O2. The molecule has 0 unspecified atom stereocenters. The Morgan fingerprint density at radius 1 is 1.04 bits per heavy atom. The summed E-state index contributed by atoms with van der Waals surface area (Å²) in [5.41, 5.74) is 2.05. The van der Waals surface area contributed by atoms with Crippen LogP contribution in [0.1, 0.15) is 11.1 Å². The number of alkyl halides is 3. The van der Waals surface area contributed by atoms with Crippen LogP contribution in [0, 0.1) is 0 Å². The number of aromatic nitrogens is 3. The van der Waals surface area contributed by atoms with Crippen molar-refractivity contribution in [3.63, 3.8) is 0 Å². The molecule has 1 heterocycles. The van der Waals surface area contributed by atoms with Crippen LogP contribution in [0.4, 0.5) is 13.2 Å². The molecule has 0 aliphatic heterocycles. The molecule has 3 aromatic rings. The van der Waals surface area contributed by atoms with Crippen molar-refractivity contribution in [2.45, 2.75) is 19.5 Å². The second-order valence-corrected chi connectivity index (χ2v) is 5.83. The Kier molecular flexibility index (Phi) is 5.31. The van der Waals surface area contributed by atoms with E-state index >= 15 is 0 Å². The monoisotopic (exact) mass is 378 g/mol. The minimum Gasteiger partial charge on any atom is -0.406 e. The van der Waals surface area contributed by atoms with Gasteiger partial charge >= 0.3 is 12.1 Å². The van der Waals surface area contributed by atoms with Gasteiger partial charge in [-0.05, 0) is 42.4 Å². The summed E-state index contributed by atoms with van der Waals surface area (Å²) in [6, 6.07) is 12.8. The first-order valence-electron chi connectivity index (χ1n) is 8.09. The molecule has 0 bridgehead atoms. The first-order valence-corrected chi connectivity index (χ1v) is 8.09. The maximum absolute atomic E-state index is 12.5. The molecule has 6 nitrogen and oxygen atoms in total. The van der Waals surface area contributed by atoms with Crippen LogP contribution in [-0.4, -0.2) is 27.8 Å². The standard InChI is InChI=1S/C18H17F3N4O2/c1-22-10-13-2-6-15(7-3-13)24-12-23-25(17(24)26)11-14-4-8-16(9-5-14)27-18(19,20)21/h2-9,12,22H,10-11H2,1H3. The zero-order valence-electron chi connectivity index (χ0n) is 14.4. The van der Waals surface area contributed by atoms with Crippen LogP contribution in [-0.2, 0) is 13.1 Å². The third-order valence-corrected chi connectivity index (χ3v) is 3.82. The van der Waals surface area contributed by atoms with Gasteiger partial charge in [0.15, 0.2) is 0 Å². The highest BCUT2D eigenvalue weighted by Crippen LogP contribution is 2.22. The van der Waals surface area contributed by atoms with Crippen LogP contribution < -0.4 is 15.7 Å². The lowest BCUT2D eigenvalue weighted by molar-refractivity contribution is -0.274. The Hall–Kier alpha value is -3.07. The average molecular weight is 378 g/mol. The van der Waals surface area contributed by atoms with Crippen LogP contribution in [0.5, 0.6) is 5.75 Å². The molecular weight excluding hydrogens is 361 g/mol. The number of hydrogen-bond donors (Lipinski definition) is 1. The third kappa shape index (κ3) is 4.76. The van der Waals surface area contributed by atoms with E-state index in [1.807, 2.05) is 31.3 Å². The molecule has 9 heteroatoms. The van der Waals surface area contributed by atoms with Crippen LogP contribution >= 0.6 is 0 Å². The van der Waals surface area contributed by atoms with Crippen molar-refractivity contribution in [3.05, 3.63) is 76.5 Å². The molecule has 0 atom stereocenters. The van der Waals surface area contributed by atoms with Gasteiger partial charge in [0.1, 0.15) is 12.1 Å². The molecule has 0 aliphatic carbocycles. The zero-order chi connectivity index (χ0) is 19.4. The second kappa shape index (κ2) is 7.67. The highest BCUT2D eigenvalue weighted by molar-refractivity contribution is 5.34. The lowest BCUT2D eigenvalue weighted by Crippen LogP contribution is -2.24. The smallest absolute Gasteiger partial charge is 0.406 e. The van der Waals surface area contributed by atoms with Crippen molar-refractivity contribution < 1.29 is 17.9 Å². The molecule has 2 aromatic carbocycles. The Bertz CT molecular complexity index is 944. The van der Waals surface area contributed by atoms with E-state index < -0.39 is 6.36 Å². The van der Waals surface area contributed by atoms with Crippen molar-refractivity contribution in [2.24, 2.45) is 0 Å². The topological polar surface area (TPSA) is 61.1 Å². The average Bonchev–Trinajstić information content (AvgIpc) is 2.97. The molecule has 1 N–H and O–H groups in total. The fourth-order valence-corrected chi connectivity index (χ4v) is 2.57. The summed E-state index contributed by atoms with van der Waals surface area (Å²) in [5, 5.41) is 7.12. The van der Waals surface area contributed by atoms with Crippen molar-refractivity contribution in [1.29, 1.82) is 0 Å². The number of nitrogens with one attached hydrogen (secondary N) is 1. The second-order valence-electron chi connectivity index (χ2n) is 5.83. The first kappa shape index (κ1) is 18.7. The highest BCUT2D eigenvalue weighted by atomic mass is 19.4. The Labute approximate surface area is 152 Å². The first-order chi connectivity index (χ1) is 12.9. The molecule has 1 aromatic heterocycles. The van der Waals surface area contributed by atoms with E-state index in [1.54, 1.807) is 0 Å². The lowest BCUT2D eigenvalue weighted by Gasteiger charge is -2.09. The number of ether oxygens (including phenoxy) is 1. The molecule has 0 saturated heterocycles. The molecule has 0 saturated carbocycles. The van der Waals surface area contributed by atoms with E-state index in [0.29, 0.717) is 11.3 Å². The van der Waals surface area contributed by atoms with Crippen LogP contribution in [0.3, 0.4) is 0 Å². The predicted molar refractivity (Wildman–Crippen MR) is 92.8 cm³/mol. The van der Waals surface area contributed by atoms with Crippen molar-refractivity contribution >= 4 is 0 Å². The SMILES string of the molecule is CNCc1ccc(-n2cnn(Cc3ccc(OC(F)(F)F)cc3)c2=O)cc1. The van der Waals surface area contributed by atoms with E-state index in [0.717, 1.165) is 12.1 Å². The normalized spacial score (nSPS) is 11.6. The molecule has 0 fully saturated rings. The van der Waals surface area contributed by atoms with Gasteiger partial charge < -0.3 is 10.1 Å². The molecule has 142 valence electrons. The number of halogens is 3. The van der Waals surface area contributed by atoms with Gasteiger partial charge in [0.05, 0.1) is 12.2 Å². The van der Waals surface area contributed by atoms with Crippen molar-refractivity contribution in [3.8, 4) is 11.4 Å². The quantitative estimate of drug-likeness (QED) is 0.717. The predicted octanol–water partition coefficient (Wildman–Crippen LogP) is 2.70. The highest BCUT2D eigenvalue weighted by Gasteiger charge is 2.30. The fraction of sp³-hybridized carbons (Fsp3) is 0.222. The molecule has 0 spiro atoms. The Morgan fingerprint density at radius 2 is 1.67 bits per heavy atom. The van der Waals surface area contributed by atoms with Gasteiger partial charge in [0.25, 0.3) is 0 Å². The number of nitrogens with zero attached hydrogens (tertiary/aromatic N) is 3. The van der Waals surface area contributed by atoms with Gasteiger partial charge in [-0.3, -0.25) is 0 Å². The number of hydrogen-bond acceptors (Lipinski definition) is 4. The summed E-state index contributed by atoms with van der Waals surface area (Å²) in [5.74, 6) is -0.314. The van der Waals surface area contributed by atoms with Gasteiger partial charge in [-0.2, -0.15) is 5.10 Å². The van der Waals surface area contributed by atoms with E-state index in [2.05, 4.69) is 15.2 Å².